The molecule has 0 radical (unpaired) electrons. The van der Waals surface area contributed by atoms with Gasteiger partial charge in [-0.15, -0.1) is 0 Å². The first kappa shape index (κ1) is 12.0. The molecule has 0 aromatic heterocycles. The second-order valence-corrected chi connectivity index (χ2v) is 5.04. The van der Waals surface area contributed by atoms with Gasteiger partial charge in [-0.1, -0.05) is 6.07 Å². The summed E-state index contributed by atoms with van der Waals surface area (Å²) in [6.45, 7) is 2.03. The monoisotopic (exact) mass is 289 g/mol. The van der Waals surface area contributed by atoms with Crippen LogP contribution < -0.4 is 5.32 Å². The van der Waals surface area contributed by atoms with Crippen molar-refractivity contribution in [3.63, 3.8) is 0 Å². The minimum absolute atomic E-state index is 0.276. The van der Waals surface area contributed by atoms with Crippen molar-refractivity contribution in [2.24, 2.45) is 5.92 Å². The fraction of sp³-hybridized carbons (Fsp3) is 0.500. The van der Waals surface area contributed by atoms with Crippen molar-refractivity contribution in [1.29, 1.82) is 0 Å². The molecule has 1 aliphatic heterocycles. The molecular formula is C12H14BrF2N. The number of hydrogen-bond donors (Lipinski definition) is 1. The van der Waals surface area contributed by atoms with E-state index in [9.17, 15) is 8.78 Å². The molecule has 1 aromatic rings. The Labute approximate surface area is 102 Å². The van der Waals surface area contributed by atoms with Crippen LogP contribution in [-0.2, 0) is 6.42 Å². The molecule has 1 unspecified atom stereocenters. The molecule has 0 saturated carbocycles. The predicted molar refractivity (Wildman–Crippen MR) is 63.4 cm³/mol. The molecule has 88 valence electrons. The highest BCUT2D eigenvalue weighted by atomic mass is 79.9. The zero-order valence-corrected chi connectivity index (χ0v) is 10.5. The molecule has 1 aliphatic rings. The first-order valence-corrected chi connectivity index (χ1v) is 6.31. The maximum Gasteiger partial charge on any atom is 0.173 e. The van der Waals surface area contributed by atoms with Crippen LogP contribution in [-0.4, -0.2) is 13.1 Å². The zero-order valence-electron chi connectivity index (χ0n) is 8.90. The van der Waals surface area contributed by atoms with E-state index in [1.165, 1.54) is 6.07 Å². The molecule has 1 saturated heterocycles. The van der Waals surface area contributed by atoms with Crippen LogP contribution in [0.2, 0.25) is 0 Å². The Balaban J connectivity index is 2.11. The van der Waals surface area contributed by atoms with E-state index in [2.05, 4.69) is 21.2 Å². The summed E-state index contributed by atoms with van der Waals surface area (Å²) in [7, 11) is 0. The molecule has 4 heteroatoms. The van der Waals surface area contributed by atoms with Gasteiger partial charge in [0.25, 0.3) is 0 Å². The van der Waals surface area contributed by atoms with Crippen LogP contribution in [0, 0.1) is 17.6 Å². The molecule has 0 aliphatic carbocycles. The largest absolute Gasteiger partial charge is 0.316 e. The lowest BCUT2D eigenvalue weighted by molar-refractivity contribution is 0.374. The fourth-order valence-electron chi connectivity index (χ4n) is 2.13. The summed E-state index contributed by atoms with van der Waals surface area (Å²) in [4.78, 5) is 0. The lowest BCUT2D eigenvalue weighted by atomic mass is 9.92. The first-order chi connectivity index (χ1) is 7.68. The number of benzene rings is 1. The summed E-state index contributed by atoms with van der Waals surface area (Å²) in [6, 6.07) is 2.86. The Hall–Kier alpha value is -0.480. The number of nitrogens with one attached hydrogen (secondary N) is 1. The van der Waals surface area contributed by atoms with Crippen molar-refractivity contribution in [2.45, 2.75) is 19.3 Å². The van der Waals surface area contributed by atoms with Gasteiger partial charge in [-0.25, -0.2) is 8.78 Å². The topological polar surface area (TPSA) is 12.0 Å². The van der Waals surface area contributed by atoms with Gasteiger partial charge in [-0.2, -0.15) is 0 Å². The lowest BCUT2D eigenvalue weighted by Crippen LogP contribution is -2.30. The summed E-state index contributed by atoms with van der Waals surface area (Å²) in [5.41, 5.74) is 0.854. The normalized spacial score (nSPS) is 21.1. The van der Waals surface area contributed by atoms with Gasteiger partial charge in [-0.3, -0.25) is 0 Å². The Kier molecular flexibility index (Phi) is 3.92. The summed E-state index contributed by atoms with van der Waals surface area (Å²) in [5, 5.41) is 3.32. The van der Waals surface area contributed by atoms with E-state index in [4.69, 9.17) is 0 Å². The molecule has 16 heavy (non-hydrogen) atoms. The maximum atomic E-state index is 13.3. The number of hydrogen-bond acceptors (Lipinski definition) is 1. The number of piperidine rings is 1. The van der Waals surface area contributed by atoms with Crippen LogP contribution in [0.5, 0.6) is 0 Å². The van der Waals surface area contributed by atoms with E-state index < -0.39 is 11.6 Å². The van der Waals surface area contributed by atoms with Crippen molar-refractivity contribution in [2.75, 3.05) is 13.1 Å². The van der Waals surface area contributed by atoms with Gasteiger partial charge < -0.3 is 5.32 Å². The quantitative estimate of drug-likeness (QED) is 0.824. The van der Waals surface area contributed by atoms with Crippen molar-refractivity contribution in [1.82, 2.24) is 5.32 Å². The van der Waals surface area contributed by atoms with Gasteiger partial charge >= 0.3 is 0 Å². The molecule has 1 heterocycles. The number of halogens is 3. The third kappa shape index (κ3) is 2.61. The minimum Gasteiger partial charge on any atom is -0.316 e. The molecule has 1 atom stereocenters. The summed E-state index contributed by atoms with van der Waals surface area (Å²) in [5.74, 6) is -1.05. The van der Waals surface area contributed by atoms with Crippen LogP contribution >= 0.6 is 15.9 Å². The Bertz CT molecular complexity index is 376. The average Bonchev–Trinajstić information content (AvgIpc) is 2.31. The Morgan fingerprint density at radius 2 is 2.19 bits per heavy atom. The Morgan fingerprint density at radius 3 is 2.88 bits per heavy atom. The predicted octanol–water partition coefficient (Wildman–Crippen LogP) is 3.27. The van der Waals surface area contributed by atoms with E-state index in [0.717, 1.165) is 37.9 Å². The van der Waals surface area contributed by atoms with Crippen LogP contribution in [0.15, 0.2) is 16.6 Å². The Morgan fingerprint density at radius 1 is 1.38 bits per heavy atom. The summed E-state index contributed by atoms with van der Waals surface area (Å²) < 4.78 is 26.5. The van der Waals surface area contributed by atoms with E-state index in [1.54, 1.807) is 6.07 Å². The van der Waals surface area contributed by atoms with E-state index >= 15 is 0 Å². The van der Waals surface area contributed by atoms with Crippen LogP contribution in [0.3, 0.4) is 0 Å². The summed E-state index contributed by atoms with van der Waals surface area (Å²) in [6.07, 6.45) is 3.11. The molecule has 2 rings (SSSR count). The average molecular weight is 290 g/mol. The van der Waals surface area contributed by atoms with Crippen molar-refractivity contribution in [3.05, 3.63) is 33.8 Å². The zero-order chi connectivity index (χ0) is 11.5. The highest BCUT2D eigenvalue weighted by molar-refractivity contribution is 9.10. The van der Waals surface area contributed by atoms with Crippen molar-refractivity contribution >= 4 is 15.9 Å². The van der Waals surface area contributed by atoms with Gasteiger partial charge in [-0.05, 0) is 65.8 Å². The third-order valence-corrected chi connectivity index (χ3v) is 3.88. The molecule has 1 fully saturated rings. The van der Waals surface area contributed by atoms with E-state index in [-0.39, 0.29) is 4.47 Å². The highest BCUT2D eigenvalue weighted by Gasteiger charge is 2.17. The molecular weight excluding hydrogens is 276 g/mol. The third-order valence-electron chi connectivity index (χ3n) is 3.02. The second kappa shape index (κ2) is 5.23. The minimum atomic E-state index is -0.794. The molecule has 1 aromatic carbocycles. The van der Waals surface area contributed by atoms with Gasteiger partial charge in [0.15, 0.2) is 11.6 Å². The highest BCUT2D eigenvalue weighted by Crippen LogP contribution is 2.26. The van der Waals surface area contributed by atoms with Crippen molar-refractivity contribution < 1.29 is 8.78 Å². The second-order valence-electron chi connectivity index (χ2n) is 4.25. The molecule has 0 bridgehead atoms. The van der Waals surface area contributed by atoms with Crippen molar-refractivity contribution in [3.8, 4) is 0 Å². The standard InChI is InChI=1S/C12H14BrF2N/c13-11-9(3-4-10(14)12(11)15)6-8-2-1-5-16-7-8/h3-4,8,16H,1-2,5-7H2. The molecule has 1 nitrogen and oxygen atoms in total. The molecule has 0 amide bonds. The van der Waals surface area contributed by atoms with Crippen LogP contribution in [0.25, 0.3) is 0 Å². The fourth-order valence-corrected chi connectivity index (χ4v) is 2.62. The van der Waals surface area contributed by atoms with Gasteiger partial charge in [0.1, 0.15) is 0 Å². The molecule has 0 spiro atoms. The van der Waals surface area contributed by atoms with E-state index in [1.807, 2.05) is 0 Å². The summed E-state index contributed by atoms with van der Waals surface area (Å²) >= 11 is 3.12. The SMILES string of the molecule is Fc1ccc(CC2CCCNC2)c(Br)c1F. The van der Waals surface area contributed by atoms with Crippen LogP contribution in [0.4, 0.5) is 8.78 Å². The van der Waals surface area contributed by atoms with E-state index in [0.29, 0.717) is 5.92 Å². The van der Waals surface area contributed by atoms with Gasteiger partial charge in [0.2, 0.25) is 0 Å². The maximum absolute atomic E-state index is 13.3. The van der Waals surface area contributed by atoms with Gasteiger partial charge in [0.05, 0.1) is 4.47 Å². The molecule has 1 N–H and O–H groups in total. The lowest BCUT2D eigenvalue weighted by Gasteiger charge is -2.23. The smallest absolute Gasteiger partial charge is 0.173 e. The number of rotatable bonds is 2. The van der Waals surface area contributed by atoms with Crippen LogP contribution in [0.1, 0.15) is 18.4 Å². The van der Waals surface area contributed by atoms with Gasteiger partial charge in [0, 0.05) is 0 Å². The first-order valence-electron chi connectivity index (χ1n) is 5.51.